The van der Waals surface area contributed by atoms with Gasteiger partial charge in [-0.3, -0.25) is 0 Å². The highest BCUT2D eigenvalue weighted by molar-refractivity contribution is 5.78. The Morgan fingerprint density at radius 2 is 1.89 bits per heavy atom. The van der Waals surface area contributed by atoms with Gasteiger partial charge in [-0.15, -0.1) is 5.10 Å². The largest absolute Gasteiger partial charge is 0.367 e. The summed E-state index contributed by atoms with van der Waals surface area (Å²) in [5, 5.41) is 8.61. The SMILES string of the molecule is Nc1ncc2c(-c3ccc4nccn4n3)ccn2n1. The van der Waals surface area contributed by atoms with Gasteiger partial charge in [0.15, 0.2) is 5.65 Å². The maximum Gasteiger partial charge on any atom is 0.238 e. The Labute approximate surface area is 107 Å². The lowest BCUT2D eigenvalue weighted by atomic mass is 10.2. The topological polar surface area (TPSA) is 86.4 Å². The Kier molecular flexibility index (Phi) is 1.85. The van der Waals surface area contributed by atoms with Crippen molar-refractivity contribution in [2.75, 3.05) is 5.73 Å². The fraction of sp³-hybridized carbons (Fsp3) is 0. The minimum absolute atomic E-state index is 0.243. The molecular weight excluding hydrogens is 242 g/mol. The molecule has 92 valence electrons. The fourth-order valence-electron chi connectivity index (χ4n) is 2.09. The first-order valence-electron chi connectivity index (χ1n) is 5.72. The number of rotatable bonds is 1. The van der Waals surface area contributed by atoms with E-state index in [-0.39, 0.29) is 5.95 Å². The molecule has 0 aliphatic carbocycles. The number of nitrogens with two attached hydrogens (primary N) is 1. The van der Waals surface area contributed by atoms with Gasteiger partial charge in [0.2, 0.25) is 5.95 Å². The molecule has 2 N–H and O–H groups in total. The van der Waals surface area contributed by atoms with Crippen LogP contribution in [0.25, 0.3) is 22.4 Å². The van der Waals surface area contributed by atoms with Gasteiger partial charge < -0.3 is 5.73 Å². The molecule has 0 fully saturated rings. The van der Waals surface area contributed by atoms with Crippen LogP contribution in [0.1, 0.15) is 0 Å². The van der Waals surface area contributed by atoms with Gasteiger partial charge in [0, 0.05) is 24.2 Å². The van der Waals surface area contributed by atoms with Gasteiger partial charge in [-0.25, -0.2) is 19.0 Å². The molecule has 7 nitrogen and oxygen atoms in total. The lowest BCUT2D eigenvalue weighted by molar-refractivity contribution is 0.916. The second kappa shape index (κ2) is 3.52. The van der Waals surface area contributed by atoms with E-state index in [1.807, 2.05) is 30.6 Å². The van der Waals surface area contributed by atoms with Crippen LogP contribution in [0.4, 0.5) is 5.95 Å². The molecule has 4 aromatic heterocycles. The van der Waals surface area contributed by atoms with Crippen molar-refractivity contribution < 1.29 is 0 Å². The zero-order valence-corrected chi connectivity index (χ0v) is 9.80. The zero-order chi connectivity index (χ0) is 12.8. The fourth-order valence-corrected chi connectivity index (χ4v) is 2.09. The number of hydrogen-bond acceptors (Lipinski definition) is 5. The lowest BCUT2D eigenvalue weighted by Gasteiger charge is -2.00. The van der Waals surface area contributed by atoms with Crippen molar-refractivity contribution in [3.63, 3.8) is 0 Å². The standard InChI is InChI=1S/C12H9N7/c13-12-15-7-10-8(3-5-18(10)17-12)9-1-2-11-14-4-6-19(11)16-9/h1-7H,(H2,13,17). The van der Waals surface area contributed by atoms with E-state index >= 15 is 0 Å². The molecule has 0 amide bonds. The maximum absolute atomic E-state index is 5.56. The number of hydrogen-bond donors (Lipinski definition) is 1. The van der Waals surface area contributed by atoms with Gasteiger partial charge in [0.05, 0.1) is 17.4 Å². The second-order valence-corrected chi connectivity index (χ2v) is 4.12. The smallest absolute Gasteiger partial charge is 0.238 e. The molecule has 0 atom stereocenters. The summed E-state index contributed by atoms with van der Waals surface area (Å²) in [6.45, 7) is 0. The number of imidazole rings is 1. The Morgan fingerprint density at radius 3 is 2.84 bits per heavy atom. The summed E-state index contributed by atoms with van der Waals surface area (Å²) in [5.74, 6) is 0.243. The first kappa shape index (κ1) is 10.0. The average molecular weight is 251 g/mol. The van der Waals surface area contributed by atoms with Crippen molar-refractivity contribution in [3.8, 4) is 11.3 Å². The van der Waals surface area contributed by atoms with Gasteiger partial charge >= 0.3 is 0 Å². The number of aromatic nitrogens is 6. The Balaban J connectivity index is 1.97. The van der Waals surface area contributed by atoms with Crippen LogP contribution < -0.4 is 5.73 Å². The van der Waals surface area contributed by atoms with E-state index < -0.39 is 0 Å². The van der Waals surface area contributed by atoms with Crippen molar-refractivity contribution >= 4 is 17.1 Å². The molecule has 0 aliphatic rings. The predicted molar refractivity (Wildman–Crippen MR) is 69.4 cm³/mol. The molecule has 4 aromatic rings. The van der Waals surface area contributed by atoms with E-state index in [4.69, 9.17) is 5.73 Å². The van der Waals surface area contributed by atoms with Gasteiger partial charge in [-0.2, -0.15) is 5.10 Å². The van der Waals surface area contributed by atoms with Crippen LogP contribution in [0.3, 0.4) is 0 Å². The number of anilines is 1. The first-order valence-corrected chi connectivity index (χ1v) is 5.72. The highest BCUT2D eigenvalue weighted by Crippen LogP contribution is 2.23. The predicted octanol–water partition coefficient (Wildman–Crippen LogP) is 1.02. The van der Waals surface area contributed by atoms with Crippen molar-refractivity contribution in [2.24, 2.45) is 0 Å². The minimum Gasteiger partial charge on any atom is -0.367 e. The Bertz CT molecular complexity index is 889. The summed E-state index contributed by atoms with van der Waals surface area (Å²) < 4.78 is 3.43. The van der Waals surface area contributed by atoms with E-state index in [1.165, 1.54) is 0 Å². The molecule has 0 unspecified atom stereocenters. The van der Waals surface area contributed by atoms with Gasteiger partial charge in [0.1, 0.15) is 0 Å². The van der Waals surface area contributed by atoms with E-state index in [2.05, 4.69) is 20.2 Å². The molecule has 0 bridgehead atoms. The second-order valence-electron chi connectivity index (χ2n) is 4.12. The van der Waals surface area contributed by atoms with Crippen LogP contribution in [-0.4, -0.2) is 29.2 Å². The van der Waals surface area contributed by atoms with Crippen LogP contribution in [0, 0.1) is 0 Å². The third-order valence-corrected chi connectivity index (χ3v) is 2.97. The number of fused-ring (bicyclic) bond motifs is 2. The van der Waals surface area contributed by atoms with Gasteiger partial charge in [0.25, 0.3) is 0 Å². The van der Waals surface area contributed by atoms with Gasteiger partial charge in [-0.1, -0.05) is 0 Å². The van der Waals surface area contributed by atoms with Crippen LogP contribution in [0.2, 0.25) is 0 Å². The number of nitrogens with zero attached hydrogens (tertiary/aromatic N) is 6. The van der Waals surface area contributed by atoms with Crippen LogP contribution in [-0.2, 0) is 0 Å². The molecule has 0 radical (unpaired) electrons. The highest BCUT2D eigenvalue weighted by Gasteiger charge is 2.09. The molecule has 19 heavy (non-hydrogen) atoms. The van der Waals surface area contributed by atoms with Crippen LogP contribution in [0.15, 0.2) is 43.0 Å². The minimum atomic E-state index is 0.243. The van der Waals surface area contributed by atoms with Crippen molar-refractivity contribution in [1.82, 2.24) is 29.2 Å². The third-order valence-electron chi connectivity index (χ3n) is 2.97. The molecule has 0 saturated heterocycles. The normalized spacial score (nSPS) is 11.4. The number of nitrogen functional groups attached to an aromatic ring is 1. The summed E-state index contributed by atoms with van der Waals surface area (Å²) in [7, 11) is 0. The molecule has 4 rings (SSSR count). The summed E-state index contributed by atoms with van der Waals surface area (Å²) in [6.07, 6.45) is 7.05. The molecule has 7 heteroatoms. The summed E-state index contributed by atoms with van der Waals surface area (Å²) in [6, 6.07) is 5.78. The molecule has 0 spiro atoms. The Hall–Kier alpha value is -2.96. The van der Waals surface area contributed by atoms with E-state index in [9.17, 15) is 0 Å². The quantitative estimate of drug-likeness (QED) is 0.546. The van der Waals surface area contributed by atoms with Gasteiger partial charge in [-0.05, 0) is 18.2 Å². The third kappa shape index (κ3) is 1.45. The zero-order valence-electron chi connectivity index (χ0n) is 9.80. The maximum atomic E-state index is 5.56. The van der Waals surface area contributed by atoms with Crippen molar-refractivity contribution in [3.05, 3.63) is 43.0 Å². The van der Waals surface area contributed by atoms with E-state index in [0.29, 0.717) is 0 Å². The average Bonchev–Trinajstić information content (AvgIpc) is 3.02. The molecular formula is C12H9N7. The first-order chi connectivity index (χ1) is 9.31. The van der Waals surface area contributed by atoms with E-state index in [0.717, 1.165) is 22.4 Å². The monoisotopic (exact) mass is 251 g/mol. The van der Waals surface area contributed by atoms with Crippen molar-refractivity contribution in [1.29, 1.82) is 0 Å². The lowest BCUT2D eigenvalue weighted by Crippen LogP contribution is -2.00. The highest BCUT2D eigenvalue weighted by atomic mass is 15.3. The summed E-state index contributed by atoms with van der Waals surface area (Å²) in [5.41, 5.74) is 9.03. The summed E-state index contributed by atoms with van der Waals surface area (Å²) >= 11 is 0. The molecule has 0 aliphatic heterocycles. The van der Waals surface area contributed by atoms with Crippen LogP contribution in [0.5, 0.6) is 0 Å². The molecule has 4 heterocycles. The van der Waals surface area contributed by atoms with Crippen LogP contribution >= 0.6 is 0 Å². The van der Waals surface area contributed by atoms with Crippen molar-refractivity contribution in [2.45, 2.75) is 0 Å². The molecule has 0 aromatic carbocycles. The Morgan fingerprint density at radius 1 is 0.947 bits per heavy atom. The summed E-state index contributed by atoms with van der Waals surface area (Å²) in [4.78, 5) is 8.19. The molecule has 0 saturated carbocycles. The van der Waals surface area contributed by atoms with E-state index in [1.54, 1.807) is 21.4 Å².